The highest BCUT2D eigenvalue weighted by molar-refractivity contribution is 6.24. The maximum absolute atomic E-state index is 2.59. The van der Waals surface area contributed by atoms with Crippen LogP contribution in [0, 0.1) is 69.2 Å². The summed E-state index contributed by atoms with van der Waals surface area (Å²) in [6, 6.07) is 37.7. The van der Waals surface area contributed by atoms with Crippen LogP contribution in [0.1, 0.15) is 108 Å². The smallest absolute Gasteiger partial charge is 0.0620 e. The molecule has 0 saturated carbocycles. The minimum absolute atomic E-state index is 0.0600. The number of aryl methyl sites for hydroxylation is 6. The van der Waals surface area contributed by atoms with Crippen LogP contribution in [0.5, 0.6) is 0 Å². The van der Waals surface area contributed by atoms with Crippen molar-refractivity contribution in [1.29, 1.82) is 0 Å². The fourth-order valence-corrected chi connectivity index (χ4v) is 8.96. The van der Waals surface area contributed by atoms with Gasteiger partial charge in [-0.05, 0) is 172 Å². The zero-order valence-corrected chi connectivity index (χ0v) is 38.1. The van der Waals surface area contributed by atoms with Crippen LogP contribution >= 0.6 is 0 Å². The van der Waals surface area contributed by atoms with Gasteiger partial charge in [0.1, 0.15) is 0 Å². The topological polar surface area (TPSA) is 6.48 Å². The van der Waals surface area contributed by atoms with Crippen molar-refractivity contribution in [2.75, 3.05) is 9.80 Å². The summed E-state index contributed by atoms with van der Waals surface area (Å²) in [7, 11) is 0. The summed E-state index contributed by atoms with van der Waals surface area (Å²) >= 11 is 0. The Kier molecular flexibility index (Phi) is 10.4. The maximum atomic E-state index is 2.59. The van der Waals surface area contributed by atoms with Crippen molar-refractivity contribution in [3.05, 3.63) is 164 Å². The van der Waals surface area contributed by atoms with Gasteiger partial charge in [0.05, 0.1) is 22.7 Å². The molecule has 0 aliphatic carbocycles. The van der Waals surface area contributed by atoms with Gasteiger partial charge in [0.25, 0.3) is 0 Å². The van der Waals surface area contributed by atoms with Crippen LogP contribution in [0.25, 0.3) is 21.5 Å². The largest absolute Gasteiger partial charge is 0.309 e. The highest BCUT2D eigenvalue weighted by atomic mass is 15.2. The summed E-state index contributed by atoms with van der Waals surface area (Å²) in [6.07, 6.45) is 0. The van der Waals surface area contributed by atoms with Crippen molar-refractivity contribution in [3.63, 3.8) is 0 Å². The quantitative estimate of drug-likeness (QED) is 0.123. The predicted molar refractivity (Wildman–Crippen MR) is 256 cm³/mol. The summed E-state index contributed by atoms with van der Waals surface area (Å²) in [5.41, 5.74) is 22.7. The predicted octanol–water partition coefficient (Wildman–Crippen LogP) is 16.6. The molecular formula is C56H64N2. The minimum atomic E-state index is -0.0600. The van der Waals surface area contributed by atoms with E-state index in [1.165, 1.54) is 111 Å². The zero-order chi connectivity index (χ0) is 42.2. The normalized spacial score (nSPS) is 12.1. The van der Waals surface area contributed by atoms with E-state index < -0.39 is 0 Å². The van der Waals surface area contributed by atoms with E-state index in [-0.39, 0.29) is 10.8 Å². The number of hydrogen-bond donors (Lipinski definition) is 0. The SMILES string of the molecule is Cc1ccc(N(c2c(C)cc(C)c(C)c2C)c2c3ccc(C(C)(C)C)cc3c(N(c3ccc(C)cc3)c3c(C)cc(C)c(C)c3C)c3ccc(C(C)(C)C)cc23)cc1. The van der Waals surface area contributed by atoms with Crippen LogP contribution < -0.4 is 9.80 Å². The van der Waals surface area contributed by atoms with E-state index in [4.69, 9.17) is 0 Å². The van der Waals surface area contributed by atoms with Crippen LogP contribution in [0.3, 0.4) is 0 Å². The van der Waals surface area contributed by atoms with Crippen LogP contribution in [0.15, 0.2) is 97.1 Å². The van der Waals surface area contributed by atoms with E-state index in [1.54, 1.807) is 0 Å². The number of anilines is 6. The Hall–Kier alpha value is -5.34. The average Bonchev–Trinajstić information content (AvgIpc) is 3.16. The monoisotopic (exact) mass is 765 g/mol. The standard InChI is InChI=1S/C56H64N2/c1-33-17-23-45(24-18-33)57(51-37(5)29-35(3)39(7)41(51)9)53-47-27-21-44(56(14,15)16)32-50(47)54(48-28-22-43(31-49(48)53)55(11,12)13)58(46-25-19-34(2)20-26-46)52-38(6)30-36(4)40(8)42(52)10/h17-32H,1-16H3. The van der Waals surface area contributed by atoms with E-state index in [9.17, 15) is 0 Å². The molecule has 0 aliphatic heterocycles. The lowest BCUT2D eigenvalue weighted by molar-refractivity contribution is 0.590. The number of hydrogen-bond acceptors (Lipinski definition) is 2. The van der Waals surface area contributed by atoms with Gasteiger partial charge in [-0.3, -0.25) is 0 Å². The molecule has 0 N–H and O–H groups in total. The van der Waals surface area contributed by atoms with Gasteiger partial charge in [-0.15, -0.1) is 0 Å². The third-order valence-corrected chi connectivity index (χ3v) is 12.9. The van der Waals surface area contributed by atoms with E-state index >= 15 is 0 Å². The first-order chi connectivity index (χ1) is 27.2. The summed E-state index contributed by atoms with van der Waals surface area (Å²) in [4.78, 5) is 5.19. The molecule has 2 nitrogen and oxygen atoms in total. The molecule has 0 radical (unpaired) electrons. The Morgan fingerprint density at radius 3 is 0.948 bits per heavy atom. The maximum Gasteiger partial charge on any atom is 0.0620 e. The van der Waals surface area contributed by atoms with Gasteiger partial charge in [-0.1, -0.05) is 113 Å². The molecule has 0 bridgehead atoms. The molecule has 2 heteroatoms. The molecule has 0 aliphatic rings. The van der Waals surface area contributed by atoms with E-state index in [0.717, 1.165) is 11.4 Å². The number of nitrogens with zero attached hydrogens (tertiary/aromatic N) is 2. The van der Waals surface area contributed by atoms with E-state index in [2.05, 4.69) is 218 Å². The second-order valence-electron chi connectivity index (χ2n) is 19.3. The lowest BCUT2D eigenvalue weighted by atomic mass is 9.82. The van der Waals surface area contributed by atoms with Crippen molar-refractivity contribution in [1.82, 2.24) is 0 Å². The highest BCUT2D eigenvalue weighted by Crippen LogP contribution is 2.54. The molecule has 0 fully saturated rings. The first-order valence-electron chi connectivity index (χ1n) is 21.1. The van der Waals surface area contributed by atoms with E-state index in [0.29, 0.717) is 0 Å². The van der Waals surface area contributed by atoms with Crippen LogP contribution in [0.2, 0.25) is 0 Å². The van der Waals surface area contributed by atoms with Gasteiger partial charge < -0.3 is 9.80 Å². The van der Waals surface area contributed by atoms with E-state index in [1.807, 2.05) is 0 Å². The van der Waals surface area contributed by atoms with Crippen molar-refractivity contribution in [2.45, 2.75) is 122 Å². The summed E-state index contributed by atoms with van der Waals surface area (Å²) in [6.45, 7) is 36.6. The second kappa shape index (κ2) is 14.8. The van der Waals surface area contributed by atoms with Gasteiger partial charge in [0, 0.05) is 32.9 Å². The van der Waals surface area contributed by atoms with Crippen LogP contribution in [-0.2, 0) is 10.8 Å². The zero-order valence-electron chi connectivity index (χ0n) is 38.1. The number of fused-ring (bicyclic) bond motifs is 2. The minimum Gasteiger partial charge on any atom is -0.309 e. The Bertz CT molecular complexity index is 2520. The first-order valence-corrected chi connectivity index (χ1v) is 21.1. The Labute approximate surface area is 349 Å². The molecule has 298 valence electrons. The summed E-state index contributed by atoms with van der Waals surface area (Å²) < 4.78 is 0. The van der Waals surface area contributed by atoms with Gasteiger partial charge >= 0.3 is 0 Å². The summed E-state index contributed by atoms with van der Waals surface area (Å²) in [5.74, 6) is 0. The first kappa shape index (κ1) is 40.8. The Morgan fingerprint density at radius 2 is 0.638 bits per heavy atom. The third-order valence-electron chi connectivity index (χ3n) is 12.9. The Balaban J connectivity index is 1.79. The van der Waals surface area contributed by atoms with Crippen LogP contribution in [0.4, 0.5) is 34.1 Å². The molecule has 0 heterocycles. The molecule has 0 unspecified atom stereocenters. The second-order valence-corrected chi connectivity index (χ2v) is 19.3. The van der Waals surface area contributed by atoms with Crippen molar-refractivity contribution >= 4 is 55.7 Å². The molecular weight excluding hydrogens is 701 g/mol. The van der Waals surface area contributed by atoms with Crippen molar-refractivity contribution in [3.8, 4) is 0 Å². The molecule has 7 aromatic rings. The average molecular weight is 765 g/mol. The molecule has 0 aromatic heterocycles. The van der Waals surface area contributed by atoms with Gasteiger partial charge in [-0.2, -0.15) is 0 Å². The molecule has 0 atom stereocenters. The Morgan fingerprint density at radius 1 is 0.310 bits per heavy atom. The molecule has 58 heavy (non-hydrogen) atoms. The molecule has 0 amide bonds. The molecule has 0 saturated heterocycles. The molecule has 0 spiro atoms. The number of rotatable bonds is 6. The third kappa shape index (κ3) is 7.10. The van der Waals surface area contributed by atoms with Gasteiger partial charge in [0.2, 0.25) is 0 Å². The van der Waals surface area contributed by atoms with Crippen molar-refractivity contribution < 1.29 is 0 Å². The lowest BCUT2D eigenvalue weighted by Crippen LogP contribution is -2.19. The van der Waals surface area contributed by atoms with Gasteiger partial charge in [0.15, 0.2) is 0 Å². The highest BCUT2D eigenvalue weighted by Gasteiger charge is 2.31. The molecule has 7 aromatic carbocycles. The lowest BCUT2D eigenvalue weighted by Gasteiger charge is -2.36. The fraction of sp³-hybridized carbons (Fsp3) is 0.321. The fourth-order valence-electron chi connectivity index (χ4n) is 8.96. The van der Waals surface area contributed by atoms with Gasteiger partial charge in [-0.25, -0.2) is 0 Å². The van der Waals surface area contributed by atoms with Crippen LogP contribution in [-0.4, -0.2) is 0 Å². The van der Waals surface area contributed by atoms with Crippen molar-refractivity contribution in [2.24, 2.45) is 0 Å². The number of benzene rings is 7. The summed E-state index contributed by atoms with van der Waals surface area (Å²) in [5, 5.41) is 4.95. The molecule has 7 rings (SSSR count).